The fourth-order valence-electron chi connectivity index (χ4n) is 3.26. The number of rotatable bonds is 6. The third-order valence-corrected chi connectivity index (χ3v) is 5.01. The summed E-state index contributed by atoms with van der Waals surface area (Å²) in [6.07, 6.45) is 0.899. The summed E-state index contributed by atoms with van der Waals surface area (Å²) in [7, 11) is 3.39. The van der Waals surface area contributed by atoms with E-state index in [4.69, 9.17) is 9.47 Å². The standard InChI is InChI=1S/C24H23BrO2/c1-4-23(19-14-20(25)16-22(15-19)27-3)24(17-8-6-5-7-9-17)18-10-12-21(26-2)13-11-18/h5-16H,4H2,1-3H3/b24-23+. The molecule has 0 aliphatic rings. The topological polar surface area (TPSA) is 18.5 Å². The maximum absolute atomic E-state index is 5.48. The fourth-order valence-corrected chi connectivity index (χ4v) is 3.73. The highest BCUT2D eigenvalue weighted by Gasteiger charge is 2.14. The zero-order valence-corrected chi connectivity index (χ0v) is 17.4. The molecule has 0 unspecified atom stereocenters. The number of methoxy groups -OCH3 is 2. The Kier molecular flexibility index (Phi) is 6.36. The first-order chi connectivity index (χ1) is 13.2. The van der Waals surface area contributed by atoms with Gasteiger partial charge in [-0.2, -0.15) is 0 Å². The van der Waals surface area contributed by atoms with Gasteiger partial charge in [0.25, 0.3) is 0 Å². The third-order valence-electron chi connectivity index (χ3n) is 4.55. The third kappa shape index (κ3) is 4.42. The van der Waals surface area contributed by atoms with Crippen LogP contribution in [0.3, 0.4) is 0 Å². The first kappa shape index (κ1) is 19.2. The number of halogens is 1. The van der Waals surface area contributed by atoms with Gasteiger partial charge >= 0.3 is 0 Å². The van der Waals surface area contributed by atoms with Crippen LogP contribution in [-0.4, -0.2) is 14.2 Å². The van der Waals surface area contributed by atoms with Crippen LogP contribution in [0.2, 0.25) is 0 Å². The average molecular weight is 423 g/mol. The fraction of sp³-hybridized carbons (Fsp3) is 0.167. The van der Waals surface area contributed by atoms with Crippen LogP contribution in [-0.2, 0) is 0 Å². The monoisotopic (exact) mass is 422 g/mol. The molecule has 138 valence electrons. The van der Waals surface area contributed by atoms with E-state index in [-0.39, 0.29) is 0 Å². The minimum Gasteiger partial charge on any atom is -0.497 e. The van der Waals surface area contributed by atoms with Gasteiger partial charge < -0.3 is 9.47 Å². The van der Waals surface area contributed by atoms with Gasteiger partial charge in [-0.05, 0) is 64.6 Å². The Labute approximate surface area is 169 Å². The lowest BCUT2D eigenvalue weighted by Crippen LogP contribution is -1.96. The van der Waals surface area contributed by atoms with Gasteiger partial charge in [-0.15, -0.1) is 0 Å². The highest BCUT2D eigenvalue weighted by molar-refractivity contribution is 9.10. The molecule has 2 nitrogen and oxygen atoms in total. The van der Waals surface area contributed by atoms with Gasteiger partial charge in [-0.1, -0.05) is 65.3 Å². The largest absolute Gasteiger partial charge is 0.497 e. The molecule has 0 aliphatic carbocycles. The van der Waals surface area contributed by atoms with Crippen molar-refractivity contribution in [1.29, 1.82) is 0 Å². The molecule has 0 radical (unpaired) electrons. The summed E-state index contributed by atoms with van der Waals surface area (Å²) < 4.78 is 11.8. The van der Waals surface area contributed by atoms with Crippen LogP contribution in [0.4, 0.5) is 0 Å². The van der Waals surface area contributed by atoms with E-state index in [1.54, 1.807) is 14.2 Å². The molecule has 0 heterocycles. The zero-order chi connectivity index (χ0) is 19.2. The van der Waals surface area contributed by atoms with Gasteiger partial charge in [0.1, 0.15) is 11.5 Å². The maximum atomic E-state index is 5.48. The molecule has 0 bridgehead atoms. The summed E-state index contributed by atoms with van der Waals surface area (Å²) in [5, 5.41) is 0. The summed E-state index contributed by atoms with van der Waals surface area (Å²) >= 11 is 3.61. The maximum Gasteiger partial charge on any atom is 0.120 e. The average Bonchev–Trinajstić information content (AvgIpc) is 2.72. The molecule has 3 aromatic rings. The van der Waals surface area contributed by atoms with Crippen LogP contribution in [0.5, 0.6) is 11.5 Å². The Hall–Kier alpha value is -2.52. The van der Waals surface area contributed by atoms with E-state index in [9.17, 15) is 0 Å². The molecule has 0 aliphatic heterocycles. The molecule has 3 aromatic carbocycles. The molecule has 27 heavy (non-hydrogen) atoms. The van der Waals surface area contributed by atoms with Gasteiger partial charge in [-0.25, -0.2) is 0 Å². The lowest BCUT2D eigenvalue weighted by Gasteiger charge is -2.17. The predicted octanol–water partition coefficient (Wildman–Crippen LogP) is 6.84. The quantitative estimate of drug-likeness (QED) is 0.405. The van der Waals surface area contributed by atoms with Gasteiger partial charge in [0.2, 0.25) is 0 Å². The highest BCUT2D eigenvalue weighted by Crippen LogP contribution is 2.37. The van der Waals surface area contributed by atoms with E-state index in [2.05, 4.69) is 71.4 Å². The minimum absolute atomic E-state index is 0.840. The van der Waals surface area contributed by atoms with Crippen molar-refractivity contribution in [2.75, 3.05) is 14.2 Å². The Morgan fingerprint density at radius 3 is 1.96 bits per heavy atom. The highest BCUT2D eigenvalue weighted by atomic mass is 79.9. The summed E-state index contributed by atoms with van der Waals surface area (Å²) in [5.74, 6) is 1.70. The second-order valence-electron chi connectivity index (χ2n) is 6.18. The van der Waals surface area contributed by atoms with Crippen LogP contribution in [0.15, 0.2) is 77.3 Å². The van der Waals surface area contributed by atoms with Crippen LogP contribution in [0, 0.1) is 0 Å². The summed E-state index contributed by atoms with van der Waals surface area (Å²) in [4.78, 5) is 0. The molecule has 0 amide bonds. The van der Waals surface area contributed by atoms with E-state index in [0.717, 1.165) is 33.5 Å². The Morgan fingerprint density at radius 2 is 1.37 bits per heavy atom. The van der Waals surface area contributed by atoms with Crippen LogP contribution >= 0.6 is 15.9 Å². The van der Waals surface area contributed by atoms with Crippen molar-refractivity contribution in [1.82, 2.24) is 0 Å². The van der Waals surface area contributed by atoms with Crippen molar-refractivity contribution in [2.45, 2.75) is 13.3 Å². The van der Waals surface area contributed by atoms with E-state index in [1.165, 1.54) is 16.7 Å². The molecule has 0 fully saturated rings. The molecular weight excluding hydrogens is 400 g/mol. The van der Waals surface area contributed by atoms with E-state index in [0.29, 0.717) is 0 Å². The molecule has 0 atom stereocenters. The minimum atomic E-state index is 0.840. The van der Waals surface area contributed by atoms with Crippen molar-refractivity contribution in [3.63, 3.8) is 0 Å². The molecule has 0 saturated heterocycles. The Bertz CT molecular complexity index is 928. The van der Waals surface area contributed by atoms with Crippen LogP contribution in [0.1, 0.15) is 30.0 Å². The molecule has 0 spiro atoms. The van der Waals surface area contributed by atoms with Crippen LogP contribution in [0.25, 0.3) is 11.1 Å². The second-order valence-corrected chi connectivity index (χ2v) is 7.10. The van der Waals surface area contributed by atoms with Gasteiger partial charge in [0.15, 0.2) is 0 Å². The molecule has 0 saturated carbocycles. The van der Waals surface area contributed by atoms with Crippen molar-refractivity contribution >= 4 is 27.1 Å². The number of benzene rings is 3. The smallest absolute Gasteiger partial charge is 0.120 e. The number of ether oxygens (including phenoxy) is 2. The Morgan fingerprint density at radius 1 is 0.741 bits per heavy atom. The second kappa shape index (κ2) is 8.92. The SMILES string of the molecule is CC/C(=C(/c1ccccc1)c1ccc(OC)cc1)c1cc(Br)cc(OC)c1. The summed E-state index contributed by atoms with van der Waals surface area (Å²) in [6.45, 7) is 2.19. The lowest BCUT2D eigenvalue weighted by atomic mass is 9.88. The molecular formula is C24H23BrO2. The molecule has 3 heteroatoms. The number of allylic oxidation sites excluding steroid dienone is 1. The number of hydrogen-bond donors (Lipinski definition) is 0. The van der Waals surface area contributed by atoms with Crippen molar-refractivity contribution in [2.24, 2.45) is 0 Å². The number of hydrogen-bond acceptors (Lipinski definition) is 2. The van der Waals surface area contributed by atoms with Gasteiger partial charge in [0.05, 0.1) is 14.2 Å². The summed E-state index contributed by atoms with van der Waals surface area (Å²) in [6, 6.07) is 25.0. The predicted molar refractivity (Wildman–Crippen MR) is 116 cm³/mol. The normalized spacial score (nSPS) is 11.7. The van der Waals surface area contributed by atoms with Crippen molar-refractivity contribution in [3.8, 4) is 11.5 Å². The van der Waals surface area contributed by atoms with E-state index in [1.807, 2.05) is 24.3 Å². The van der Waals surface area contributed by atoms with Crippen molar-refractivity contribution in [3.05, 3.63) is 94.0 Å². The van der Waals surface area contributed by atoms with Crippen LogP contribution < -0.4 is 9.47 Å². The molecule has 3 rings (SSSR count). The van der Waals surface area contributed by atoms with E-state index < -0.39 is 0 Å². The molecule has 0 aromatic heterocycles. The first-order valence-corrected chi connectivity index (χ1v) is 9.73. The van der Waals surface area contributed by atoms with Gasteiger partial charge in [0, 0.05) is 4.47 Å². The summed E-state index contributed by atoms with van der Waals surface area (Å²) in [5.41, 5.74) is 6.00. The zero-order valence-electron chi connectivity index (χ0n) is 15.8. The Balaban J connectivity index is 2.27. The van der Waals surface area contributed by atoms with Crippen molar-refractivity contribution < 1.29 is 9.47 Å². The first-order valence-electron chi connectivity index (χ1n) is 8.94. The molecule has 0 N–H and O–H groups in total. The van der Waals surface area contributed by atoms with E-state index >= 15 is 0 Å². The van der Waals surface area contributed by atoms with Gasteiger partial charge in [-0.3, -0.25) is 0 Å². The lowest BCUT2D eigenvalue weighted by molar-refractivity contribution is 0.414.